The molecule has 2 aromatic heterocycles. The number of likely N-dealkylation sites (tertiary alicyclic amines) is 1. The number of hydrogen-bond acceptors (Lipinski definition) is 6. The maximum atomic E-state index is 11.7. The Hall–Kier alpha value is -2.78. The summed E-state index contributed by atoms with van der Waals surface area (Å²) < 4.78 is 13.8. The lowest BCUT2D eigenvalue weighted by molar-refractivity contribution is -0.119. The van der Waals surface area contributed by atoms with Crippen LogP contribution >= 0.6 is 0 Å². The molecule has 41 heavy (non-hydrogen) atoms. The van der Waals surface area contributed by atoms with Crippen molar-refractivity contribution < 1.29 is 14.1 Å². The van der Waals surface area contributed by atoms with Crippen LogP contribution in [-0.4, -0.2) is 78.9 Å². The lowest BCUT2D eigenvalue weighted by Gasteiger charge is -2.33. The summed E-state index contributed by atoms with van der Waals surface area (Å²) in [7, 11) is -0.719. The van der Waals surface area contributed by atoms with Gasteiger partial charge in [-0.2, -0.15) is 0 Å². The number of nitrogens with zero attached hydrogens (tertiary/aromatic N) is 5. The molecule has 1 saturated carbocycles. The summed E-state index contributed by atoms with van der Waals surface area (Å²) in [6.07, 6.45) is 17.2. The standard InChI is InChI=1S/C19H22N4OS.C7H14.C6H11NO2/c1-14-20-10-6-19(21-14)23-13-9-16-17(4-3-5-18(16)23)22-11-7-15(8-12-22)25(2)24;1-7-5-3-2-4-6-7;8-5-7-3-1-6(9)2-4-7/h3-6,9-10,13,15H,7-8,11-12H2,1-2H3;7H,2-6H2,1H3;5-6,9H,1-4H2. The minimum atomic E-state index is -0.719. The molecule has 1 N–H and O–H groups in total. The molecule has 1 unspecified atom stereocenters. The van der Waals surface area contributed by atoms with Crippen molar-refractivity contribution >= 4 is 33.8 Å². The SMILES string of the molecule is CC1CCCCC1.Cc1nccc(-n2ccc3c(N4CCC(S(C)=O)CC4)cccc32)n1.O=CN1CCC(O)CC1. The molecule has 1 amide bonds. The number of aryl methyl sites for hydroxylation is 1. The quantitative estimate of drug-likeness (QED) is 0.423. The fourth-order valence-corrected chi connectivity index (χ4v) is 6.81. The molecular weight excluding hydrogens is 534 g/mol. The predicted octanol–water partition coefficient (Wildman–Crippen LogP) is 5.26. The normalized spacial score (nSPS) is 19.6. The molecule has 8 nitrogen and oxygen atoms in total. The van der Waals surface area contributed by atoms with E-state index in [9.17, 15) is 9.00 Å². The highest BCUT2D eigenvalue weighted by atomic mass is 32.2. The fraction of sp³-hybridized carbons (Fsp3) is 0.594. The van der Waals surface area contributed by atoms with Gasteiger partial charge in [-0.1, -0.05) is 45.1 Å². The first-order chi connectivity index (χ1) is 19.9. The molecule has 3 fully saturated rings. The number of carbonyl (C=O) groups is 1. The van der Waals surface area contributed by atoms with Gasteiger partial charge in [0.25, 0.3) is 0 Å². The minimum absolute atomic E-state index is 0.179. The Kier molecular flexibility index (Phi) is 11.7. The van der Waals surface area contributed by atoms with Crippen LogP contribution in [0.5, 0.6) is 0 Å². The average Bonchev–Trinajstić information content (AvgIpc) is 3.43. The predicted molar refractivity (Wildman–Crippen MR) is 168 cm³/mol. The first kappa shape index (κ1) is 31.2. The van der Waals surface area contributed by atoms with Gasteiger partial charge in [-0.3, -0.25) is 9.00 Å². The van der Waals surface area contributed by atoms with Crippen LogP contribution in [0.3, 0.4) is 0 Å². The number of piperidine rings is 2. The van der Waals surface area contributed by atoms with Crippen molar-refractivity contribution in [3.8, 4) is 5.82 Å². The average molecular weight is 582 g/mol. The van der Waals surface area contributed by atoms with E-state index in [1.54, 1.807) is 11.1 Å². The highest BCUT2D eigenvalue weighted by molar-refractivity contribution is 7.84. The van der Waals surface area contributed by atoms with Crippen molar-refractivity contribution in [1.82, 2.24) is 19.4 Å². The Labute approximate surface area is 247 Å². The first-order valence-corrected chi connectivity index (χ1v) is 16.8. The van der Waals surface area contributed by atoms with Crippen LogP contribution in [0.2, 0.25) is 0 Å². The lowest BCUT2D eigenvalue weighted by Crippen LogP contribution is -2.37. The van der Waals surface area contributed by atoms with Crippen LogP contribution in [0.15, 0.2) is 42.7 Å². The van der Waals surface area contributed by atoms with Crippen molar-refractivity contribution in [2.45, 2.75) is 83.0 Å². The van der Waals surface area contributed by atoms with Gasteiger partial charge in [0.05, 0.1) is 11.6 Å². The maximum absolute atomic E-state index is 11.7. The van der Waals surface area contributed by atoms with Crippen LogP contribution in [0.4, 0.5) is 5.69 Å². The van der Waals surface area contributed by atoms with Crippen molar-refractivity contribution in [3.63, 3.8) is 0 Å². The van der Waals surface area contributed by atoms with E-state index >= 15 is 0 Å². The smallest absolute Gasteiger partial charge is 0.209 e. The van der Waals surface area contributed by atoms with Gasteiger partial charge < -0.3 is 19.5 Å². The van der Waals surface area contributed by atoms with Crippen LogP contribution in [-0.2, 0) is 15.6 Å². The number of carbonyl (C=O) groups excluding carboxylic acids is 1. The summed E-state index contributed by atoms with van der Waals surface area (Å²) in [5, 5.41) is 10.5. The molecule has 1 aromatic carbocycles. The molecule has 6 rings (SSSR count). The second-order valence-corrected chi connectivity index (χ2v) is 13.3. The fourth-order valence-electron chi connectivity index (χ4n) is 5.93. The molecule has 224 valence electrons. The van der Waals surface area contributed by atoms with Crippen LogP contribution < -0.4 is 4.90 Å². The Bertz CT molecular complexity index is 1260. The summed E-state index contributed by atoms with van der Waals surface area (Å²) in [6, 6.07) is 10.5. The molecule has 1 aliphatic carbocycles. The van der Waals surface area contributed by atoms with E-state index in [0.29, 0.717) is 18.3 Å². The zero-order chi connectivity index (χ0) is 29.2. The van der Waals surface area contributed by atoms with Crippen LogP contribution in [0.25, 0.3) is 16.7 Å². The maximum Gasteiger partial charge on any atom is 0.209 e. The molecule has 1 atom stereocenters. The second-order valence-electron chi connectivity index (χ2n) is 11.7. The number of aliphatic hydroxyl groups excluding tert-OH is 1. The summed E-state index contributed by atoms with van der Waals surface area (Å²) in [5.74, 6) is 2.69. The third-order valence-electron chi connectivity index (χ3n) is 8.51. The number of rotatable bonds is 4. The lowest BCUT2D eigenvalue weighted by atomic mass is 9.91. The number of benzene rings is 1. The van der Waals surface area contributed by atoms with Gasteiger partial charge in [-0.25, -0.2) is 9.97 Å². The third kappa shape index (κ3) is 8.85. The highest BCUT2D eigenvalue weighted by Gasteiger charge is 2.23. The van der Waals surface area contributed by atoms with Gasteiger partial charge in [0.15, 0.2) is 0 Å². The Morgan fingerprint density at radius 3 is 2.24 bits per heavy atom. The van der Waals surface area contributed by atoms with E-state index in [-0.39, 0.29) is 6.10 Å². The van der Waals surface area contributed by atoms with E-state index < -0.39 is 10.8 Å². The summed E-state index contributed by atoms with van der Waals surface area (Å²) in [4.78, 5) is 22.9. The van der Waals surface area contributed by atoms with Gasteiger partial charge in [0.2, 0.25) is 6.41 Å². The monoisotopic (exact) mass is 581 g/mol. The minimum Gasteiger partial charge on any atom is -0.393 e. The molecule has 0 radical (unpaired) electrons. The van der Waals surface area contributed by atoms with E-state index in [0.717, 1.165) is 68.3 Å². The molecular formula is C32H47N5O3S. The van der Waals surface area contributed by atoms with Gasteiger partial charge in [-0.05, 0) is 62.8 Å². The van der Waals surface area contributed by atoms with Crippen molar-refractivity contribution in [2.75, 3.05) is 37.3 Å². The van der Waals surface area contributed by atoms with Crippen molar-refractivity contribution in [3.05, 3.63) is 48.5 Å². The molecule has 3 aliphatic rings. The number of aromatic nitrogens is 3. The molecule has 2 aliphatic heterocycles. The third-order valence-corrected chi connectivity index (χ3v) is 9.92. The van der Waals surface area contributed by atoms with Gasteiger partial charge in [0, 0.05) is 72.0 Å². The largest absolute Gasteiger partial charge is 0.393 e. The summed E-state index contributed by atoms with van der Waals surface area (Å²) in [6.45, 7) is 7.61. The van der Waals surface area contributed by atoms with Gasteiger partial charge in [-0.15, -0.1) is 0 Å². The molecule has 0 bridgehead atoms. The van der Waals surface area contributed by atoms with Crippen LogP contribution in [0, 0.1) is 12.8 Å². The zero-order valence-electron chi connectivity index (χ0n) is 25.0. The van der Waals surface area contributed by atoms with Crippen LogP contribution in [0.1, 0.15) is 70.5 Å². The number of hydrogen-bond donors (Lipinski definition) is 1. The first-order valence-electron chi connectivity index (χ1n) is 15.2. The molecule has 0 spiro atoms. The molecule has 3 aromatic rings. The number of amides is 1. The highest BCUT2D eigenvalue weighted by Crippen LogP contribution is 2.31. The van der Waals surface area contributed by atoms with E-state index in [4.69, 9.17) is 5.11 Å². The Balaban J connectivity index is 0.000000197. The molecule has 4 heterocycles. The van der Waals surface area contributed by atoms with E-state index in [1.165, 1.54) is 43.2 Å². The number of anilines is 1. The summed E-state index contributed by atoms with van der Waals surface area (Å²) in [5.41, 5.74) is 2.40. The van der Waals surface area contributed by atoms with Gasteiger partial charge in [0.1, 0.15) is 11.6 Å². The van der Waals surface area contributed by atoms with E-state index in [2.05, 4.69) is 56.8 Å². The second kappa shape index (κ2) is 15.4. The Morgan fingerprint density at radius 1 is 0.951 bits per heavy atom. The van der Waals surface area contributed by atoms with Gasteiger partial charge >= 0.3 is 0 Å². The van der Waals surface area contributed by atoms with Crippen molar-refractivity contribution in [1.29, 1.82) is 0 Å². The summed E-state index contributed by atoms with van der Waals surface area (Å²) >= 11 is 0. The van der Waals surface area contributed by atoms with Crippen molar-refractivity contribution in [2.24, 2.45) is 5.92 Å². The number of fused-ring (bicyclic) bond motifs is 1. The topological polar surface area (TPSA) is 91.6 Å². The van der Waals surface area contributed by atoms with E-state index in [1.807, 2.05) is 19.2 Å². The molecule has 9 heteroatoms. The number of aliphatic hydroxyl groups is 1. The molecule has 2 saturated heterocycles. The Morgan fingerprint density at radius 2 is 1.66 bits per heavy atom. The zero-order valence-corrected chi connectivity index (χ0v) is 25.8.